The lowest BCUT2D eigenvalue weighted by molar-refractivity contribution is -0.144. The molecule has 1 saturated heterocycles. The van der Waals surface area contributed by atoms with Gasteiger partial charge in [-0.25, -0.2) is 14.6 Å². The predicted molar refractivity (Wildman–Crippen MR) is 76.6 cm³/mol. The monoisotopic (exact) mass is 321 g/mol. The summed E-state index contributed by atoms with van der Waals surface area (Å²) in [5, 5.41) is 9.19. The molecular formula is C13H15N5O5. The molecular weight excluding hydrogens is 306 g/mol. The lowest BCUT2D eigenvalue weighted by Gasteiger charge is -2.31. The fourth-order valence-corrected chi connectivity index (χ4v) is 2.06. The molecule has 0 saturated carbocycles. The van der Waals surface area contributed by atoms with Gasteiger partial charge in [-0.05, 0) is 0 Å². The molecule has 0 radical (unpaired) electrons. The molecule has 1 aromatic rings. The van der Waals surface area contributed by atoms with Gasteiger partial charge in [-0.3, -0.25) is 24.4 Å². The van der Waals surface area contributed by atoms with Crippen LogP contribution in [0.25, 0.3) is 0 Å². The summed E-state index contributed by atoms with van der Waals surface area (Å²) in [6.07, 6.45) is 3.88. The zero-order valence-electron chi connectivity index (χ0n) is 12.5. The number of carboxylic acid groups (broad SMARTS) is 1. The molecule has 2 rings (SSSR count). The van der Waals surface area contributed by atoms with E-state index in [0.29, 0.717) is 5.69 Å². The minimum Gasteiger partial charge on any atom is -0.480 e. The van der Waals surface area contributed by atoms with Crippen LogP contribution in [0.15, 0.2) is 17.5 Å². The molecule has 0 aliphatic carbocycles. The van der Waals surface area contributed by atoms with Gasteiger partial charge in [0.15, 0.2) is 12.0 Å². The highest BCUT2D eigenvalue weighted by Gasteiger charge is 2.41. The number of imidazole rings is 1. The van der Waals surface area contributed by atoms with E-state index < -0.39 is 35.8 Å². The first kappa shape index (κ1) is 16.3. The van der Waals surface area contributed by atoms with Crippen LogP contribution >= 0.6 is 0 Å². The zero-order valence-corrected chi connectivity index (χ0v) is 12.5. The predicted octanol–water partition coefficient (Wildman–Crippen LogP) is -0.857. The standard InChI is InChI=1S/C13H15N5O5/c1-17-10(19)8(11(20)18(2)13(17)23)5-15-9(12(21)22)3-7-4-14-6-16-7/h4-6,8-9H,3H2,1-2H3,(H,14,16)(H,21,22)/t9-/m1/s1. The number of aromatic nitrogens is 2. The highest BCUT2D eigenvalue weighted by Crippen LogP contribution is 2.14. The Morgan fingerprint density at radius 3 is 2.48 bits per heavy atom. The lowest BCUT2D eigenvalue weighted by Crippen LogP contribution is -2.57. The van der Waals surface area contributed by atoms with E-state index in [0.717, 1.165) is 16.0 Å². The molecule has 0 unspecified atom stereocenters. The number of hydrogen-bond donors (Lipinski definition) is 2. The van der Waals surface area contributed by atoms with Crippen LogP contribution in [0, 0.1) is 5.92 Å². The van der Waals surface area contributed by atoms with Crippen molar-refractivity contribution in [2.75, 3.05) is 14.1 Å². The molecule has 1 fully saturated rings. The number of carboxylic acids is 1. The SMILES string of the molecule is CN1C(=O)C(C=N[C@H](Cc2cnc[nH]2)C(=O)O)C(=O)N(C)C1=O. The molecule has 0 bridgehead atoms. The van der Waals surface area contributed by atoms with Crippen molar-refractivity contribution in [3.8, 4) is 0 Å². The summed E-state index contributed by atoms with van der Waals surface area (Å²) < 4.78 is 0. The van der Waals surface area contributed by atoms with Crippen LogP contribution in [0.2, 0.25) is 0 Å². The molecule has 122 valence electrons. The Bertz CT molecular complexity index is 644. The molecule has 0 aromatic carbocycles. The highest BCUT2D eigenvalue weighted by molar-refractivity contribution is 6.23. The Morgan fingerprint density at radius 2 is 2.00 bits per heavy atom. The molecule has 0 spiro atoms. The molecule has 10 nitrogen and oxygen atoms in total. The molecule has 2 heterocycles. The fraction of sp³-hybridized carbons (Fsp3) is 0.385. The first-order valence-corrected chi connectivity index (χ1v) is 6.65. The molecule has 1 atom stereocenters. The summed E-state index contributed by atoms with van der Waals surface area (Å²) in [6, 6.07) is -1.92. The van der Waals surface area contributed by atoms with E-state index in [4.69, 9.17) is 0 Å². The van der Waals surface area contributed by atoms with Crippen LogP contribution in [0.1, 0.15) is 5.69 Å². The Hall–Kier alpha value is -3.04. The third kappa shape index (κ3) is 3.25. The first-order valence-electron chi connectivity index (χ1n) is 6.65. The van der Waals surface area contributed by atoms with Crippen molar-refractivity contribution >= 4 is 30.0 Å². The van der Waals surface area contributed by atoms with E-state index in [1.807, 2.05) is 0 Å². The highest BCUT2D eigenvalue weighted by atomic mass is 16.4. The Morgan fingerprint density at radius 1 is 1.39 bits per heavy atom. The Balaban J connectivity index is 2.18. The number of barbiturate groups is 1. The molecule has 2 N–H and O–H groups in total. The van der Waals surface area contributed by atoms with Crippen molar-refractivity contribution in [3.05, 3.63) is 18.2 Å². The molecule has 1 aliphatic heterocycles. The van der Waals surface area contributed by atoms with Crippen molar-refractivity contribution in [2.45, 2.75) is 12.5 Å². The number of rotatable bonds is 5. The number of urea groups is 1. The normalized spacial score (nSPS) is 18.1. The molecule has 1 aliphatic rings. The molecule has 1 aromatic heterocycles. The van der Waals surface area contributed by atoms with Gasteiger partial charge in [0.25, 0.3) is 0 Å². The number of imide groups is 2. The van der Waals surface area contributed by atoms with Crippen LogP contribution in [0.5, 0.6) is 0 Å². The number of aromatic amines is 1. The zero-order chi connectivity index (χ0) is 17.1. The summed E-state index contributed by atoms with van der Waals surface area (Å²) in [5.41, 5.74) is 0.556. The van der Waals surface area contributed by atoms with Gasteiger partial charge in [-0.15, -0.1) is 0 Å². The number of H-pyrrole nitrogens is 1. The largest absolute Gasteiger partial charge is 0.480 e. The second-order valence-electron chi connectivity index (χ2n) is 4.99. The third-order valence-corrected chi connectivity index (χ3v) is 3.44. The number of hydrogen-bond acceptors (Lipinski definition) is 6. The number of carbonyl (C=O) groups is 4. The van der Waals surface area contributed by atoms with E-state index in [1.54, 1.807) is 0 Å². The Labute approximate surface area is 130 Å². The average Bonchev–Trinajstić information content (AvgIpc) is 3.02. The summed E-state index contributed by atoms with van der Waals surface area (Å²) in [4.78, 5) is 58.8. The maximum absolute atomic E-state index is 12.0. The number of nitrogens with one attached hydrogen (secondary N) is 1. The van der Waals surface area contributed by atoms with Crippen molar-refractivity contribution in [1.82, 2.24) is 19.8 Å². The van der Waals surface area contributed by atoms with Gasteiger partial charge < -0.3 is 10.1 Å². The maximum atomic E-state index is 12.0. The van der Waals surface area contributed by atoms with Crippen molar-refractivity contribution in [2.24, 2.45) is 10.9 Å². The van der Waals surface area contributed by atoms with Gasteiger partial charge >= 0.3 is 12.0 Å². The third-order valence-electron chi connectivity index (χ3n) is 3.44. The van der Waals surface area contributed by atoms with Gasteiger partial charge in [0.1, 0.15) is 0 Å². The lowest BCUT2D eigenvalue weighted by atomic mass is 10.1. The number of aliphatic imine (C=N–C) groups is 1. The van der Waals surface area contributed by atoms with Crippen LogP contribution in [0.3, 0.4) is 0 Å². The van der Waals surface area contributed by atoms with Crippen molar-refractivity contribution in [3.63, 3.8) is 0 Å². The van der Waals surface area contributed by atoms with Gasteiger partial charge in [-0.1, -0.05) is 0 Å². The number of nitrogens with zero attached hydrogens (tertiary/aromatic N) is 4. The van der Waals surface area contributed by atoms with E-state index in [-0.39, 0.29) is 6.42 Å². The van der Waals surface area contributed by atoms with Crippen LogP contribution < -0.4 is 0 Å². The number of amides is 4. The second kappa shape index (κ2) is 6.38. The van der Waals surface area contributed by atoms with Gasteiger partial charge in [-0.2, -0.15) is 0 Å². The summed E-state index contributed by atoms with van der Waals surface area (Å²) in [7, 11) is 2.49. The van der Waals surface area contributed by atoms with Crippen LogP contribution in [0.4, 0.5) is 4.79 Å². The number of aliphatic carboxylic acids is 1. The van der Waals surface area contributed by atoms with Crippen LogP contribution in [-0.2, 0) is 20.8 Å². The average molecular weight is 321 g/mol. The smallest absolute Gasteiger partial charge is 0.332 e. The molecule has 23 heavy (non-hydrogen) atoms. The van der Waals surface area contributed by atoms with E-state index in [9.17, 15) is 24.3 Å². The van der Waals surface area contributed by atoms with Gasteiger partial charge in [0.05, 0.1) is 6.33 Å². The van der Waals surface area contributed by atoms with Gasteiger partial charge in [0, 0.05) is 38.6 Å². The number of carbonyl (C=O) groups excluding carboxylic acids is 3. The van der Waals surface area contributed by atoms with Crippen molar-refractivity contribution < 1.29 is 24.3 Å². The van der Waals surface area contributed by atoms with E-state index in [1.165, 1.54) is 26.6 Å². The molecule has 4 amide bonds. The topological polar surface area (TPSA) is 136 Å². The van der Waals surface area contributed by atoms with Crippen LogP contribution in [-0.4, -0.2) is 75.0 Å². The minimum absolute atomic E-state index is 0.0333. The van der Waals surface area contributed by atoms with Crippen molar-refractivity contribution in [1.29, 1.82) is 0 Å². The minimum atomic E-state index is -1.31. The Kier molecular flexibility index (Phi) is 4.53. The summed E-state index contributed by atoms with van der Waals surface area (Å²) >= 11 is 0. The maximum Gasteiger partial charge on any atom is 0.332 e. The van der Waals surface area contributed by atoms with Gasteiger partial charge in [0.2, 0.25) is 11.8 Å². The summed E-state index contributed by atoms with van der Waals surface area (Å²) in [5.74, 6) is -4.00. The second-order valence-corrected chi connectivity index (χ2v) is 4.99. The summed E-state index contributed by atoms with van der Waals surface area (Å²) in [6.45, 7) is 0. The fourth-order valence-electron chi connectivity index (χ4n) is 2.06. The first-order chi connectivity index (χ1) is 10.8. The molecule has 10 heteroatoms. The van der Waals surface area contributed by atoms with E-state index >= 15 is 0 Å². The van der Waals surface area contributed by atoms with E-state index in [2.05, 4.69) is 15.0 Å². The quantitative estimate of drug-likeness (QED) is 0.535.